The Kier molecular flexibility index (Phi) is 5.26. The molecule has 106 valence electrons. The predicted molar refractivity (Wildman–Crippen MR) is 83.2 cm³/mol. The summed E-state index contributed by atoms with van der Waals surface area (Å²) >= 11 is 3.50. The van der Waals surface area contributed by atoms with Crippen LogP contribution in [0.2, 0.25) is 0 Å². The average molecular weight is 337 g/mol. The lowest BCUT2D eigenvalue weighted by Crippen LogP contribution is -2.24. The van der Waals surface area contributed by atoms with Gasteiger partial charge in [-0.05, 0) is 43.1 Å². The highest BCUT2D eigenvalue weighted by Gasteiger charge is 2.17. The smallest absolute Gasteiger partial charge is 0.146 e. The molecule has 2 rings (SSSR count). The molecule has 20 heavy (non-hydrogen) atoms. The zero-order chi connectivity index (χ0) is 14.5. The standard InChI is InChI=1S/C16H18BrFN2/c1-3-7-20-16(13-6-8-19-10-15(13)18)12-4-5-14(17)11(2)9-12/h4-6,8-10,16,20H,3,7H2,1-2H3. The number of nitrogens with one attached hydrogen (secondary N) is 1. The fraction of sp³-hybridized carbons (Fsp3) is 0.312. The Bertz CT molecular complexity index is 586. The van der Waals surface area contributed by atoms with Crippen molar-refractivity contribution in [3.8, 4) is 0 Å². The largest absolute Gasteiger partial charge is 0.306 e. The second-order valence-electron chi connectivity index (χ2n) is 4.79. The molecule has 1 aromatic carbocycles. The zero-order valence-electron chi connectivity index (χ0n) is 11.7. The first kappa shape index (κ1) is 15.1. The highest BCUT2D eigenvalue weighted by Crippen LogP contribution is 2.27. The third kappa shape index (κ3) is 3.44. The molecule has 0 aliphatic heterocycles. The molecule has 1 heterocycles. The molecule has 2 aromatic rings. The van der Waals surface area contributed by atoms with Crippen LogP contribution in [0.25, 0.3) is 0 Å². The van der Waals surface area contributed by atoms with Gasteiger partial charge in [0.2, 0.25) is 0 Å². The maximum Gasteiger partial charge on any atom is 0.146 e. The first-order valence-corrected chi connectivity index (χ1v) is 7.51. The molecule has 0 bridgehead atoms. The number of halogens is 2. The normalized spacial score (nSPS) is 12.4. The minimum Gasteiger partial charge on any atom is -0.306 e. The van der Waals surface area contributed by atoms with Gasteiger partial charge in [-0.15, -0.1) is 0 Å². The minimum absolute atomic E-state index is 0.148. The van der Waals surface area contributed by atoms with E-state index in [1.54, 1.807) is 12.3 Å². The first-order valence-electron chi connectivity index (χ1n) is 6.72. The molecule has 0 fully saturated rings. The van der Waals surface area contributed by atoms with Gasteiger partial charge in [0.05, 0.1) is 12.2 Å². The third-order valence-electron chi connectivity index (χ3n) is 3.23. The van der Waals surface area contributed by atoms with Crippen LogP contribution in [0.15, 0.2) is 41.1 Å². The highest BCUT2D eigenvalue weighted by molar-refractivity contribution is 9.10. The van der Waals surface area contributed by atoms with Crippen molar-refractivity contribution < 1.29 is 4.39 Å². The Morgan fingerprint density at radius 1 is 1.35 bits per heavy atom. The fourth-order valence-electron chi connectivity index (χ4n) is 2.16. The average Bonchev–Trinajstić information content (AvgIpc) is 2.44. The molecule has 0 aliphatic rings. The molecular weight excluding hydrogens is 319 g/mol. The SMILES string of the molecule is CCCNC(c1ccc(Br)c(C)c1)c1ccncc1F. The Hall–Kier alpha value is -1.26. The van der Waals surface area contributed by atoms with Crippen molar-refractivity contribution in [2.45, 2.75) is 26.3 Å². The van der Waals surface area contributed by atoms with Crippen LogP contribution in [0, 0.1) is 12.7 Å². The van der Waals surface area contributed by atoms with E-state index in [4.69, 9.17) is 0 Å². The van der Waals surface area contributed by atoms with Gasteiger partial charge >= 0.3 is 0 Å². The maximum atomic E-state index is 14.0. The zero-order valence-corrected chi connectivity index (χ0v) is 13.2. The summed E-state index contributed by atoms with van der Waals surface area (Å²) in [6, 6.07) is 7.69. The van der Waals surface area contributed by atoms with Crippen molar-refractivity contribution in [2.75, 3.05) is 6.54 Å². The number of pyridine rings is 1. The number of hydrogen-bond donors (Lipinski definition) is 1. The summed E-state index contributed by atoms with van der Waals surface area (Å²) in [7, 11) is 0. The Labute approximate surface area is 127 Å². The summed E-state index contributed by atoms with van der Waals surface area (Å²) in [5.41, 5.74) is 2.83. The summed E-state index contributed by atoms with van der Waals surface area (Å²) in [6.07, 6.45) is 3.89. The summed E-state index contributed by atoms with van der Waals surface area (Å²) in [5, 5.41) is 3.41. The van der Waals surface area contributed by atoms with Gasteiger partial charge < -0.3 is 5.32 Å². The van der Waals surface area contributed by atoms with Crippen LogP contribution in [0.1, 0.15) is 36.1 Å². The molecule has 4 heteroatoms. The molecule has 0 aliphatic carbocycles. The van der Waals surface area contributed by atoms with Crippen molar-refractivity contribution in [3.63, 3.8) is 0 Å². The number of nitrogens with zero attached hydrogens (tertiary/aromatic N) is 1. The van der Waals surface area contributed by atoms with E-state index in [0.29, 0.717) is 5.56 Å². The molecule has 2 nitrogen and oxygen atoms in total. The number of hydrogen-bond acceptors (Lipinski definition) is 2. The van der Waals surface area contributed by atoms with Crippen LogP contribution in [0.5, 0.6) is 0 Å². The van der Waals surface area contributed by atoms with Gasteiger partial charge in [-0.2, -0.15) is 0 Å². The van der Waals surface area contributed by atoms with E-state index < -0.39 is 0 Å². The van der Waals surface area contributed by atoms with Crippen LogP contribution < -0.4 is 5.32 Å². The lowest BCUT2D eigenvalue weighted by atomic mass is 9.97. The Morgan fingerprint density at radius 2 is 2.15 bits per heavy atom. The molecule has 1 unspecified atom stereocenters. The van der Waals surface area contributed by atoms with E-state index in [1.165, 1.54) is 6.20 Å². The molecular formula is C16H18BrFN2. The Balaban J connectivity index is 2.41. The van der Waals surface area contributed by atoms with E-state index in [0.717, 1.165) is 28.6 Å². The van der Waals surface area contributed by atoms with E-state index in [9.17, 15) is 4.39 Å². The van der Waals surface area contributed by atoms with Crippen LogP contribution >= 0.6 is 15.9 Å². The van der Waals surface area contributed by atoms with Crippen LogP contribution in [0.3, 0.4) is 0 Å². The molecule has 1 aromatic heterocycles. The van der Waals surface area contributed by atoms with Crippen molar-refractivity contribution in [3.05, 3.63) is 63.6 Å². The van der Waals surface area contributed by atoms with Gasteiger partial charge in [-0.1, -0.05) is 35.0 Å². The van der Waals surface area contributed by atoms with Gasteiger partial charge in [0, 0.05) is 16.2 Å². The molecule has 0 saturated heterocycles. The van der Waals surface area contributed by atoms with Gasteiger partial charge in [-0.3, -0.25) is 4.98 Å². The van der Waals surface area contributed by atoms with Crippen LogP contribution in [0.4, 0.5) is 4.39 Å². The van der Waals surface area contributed by atoms with Crippen LogP contribution in [-0.2, 0) is 0 Å². The van der Waals surface area contributed by atoms with E-state index in [2.05, 4.69) is 39.2 Å². The highest BCUT2D eigenvalue weighted by atomic mass is 79.9. The van der Waals surface area contributed by atoms with E-state index in [-0.39, 0.29) is 11.9 Å². The number of aromatic nitrogens is 1. The van der Waals surface area contributed by atoms with Crippen LogP contribution in [-0.4, -0.2) is 11.5 Å². The minimum atomic E-state index is -0.276. The molecule has 0 radical (unpaired) electrons. The second-order valence-corrected chi connectivity index (χ2v) is 5.65. The molecule has 1 N–H and O–H groups in total. The van der Waals surface area contributed by atoms with Gasteiger partial charge in [0.1, 0.15) is 5.82 Å². The van der Waals surface area contributed by atoms with Crippen molar-refractivity contribution in [2.24, 2.45) is 0 Å². The van der Waals surface area contributed by atoms with Gasteiger partial charge in [-0.25, -0.2) is 4.39 Å². The second kappa shape index (κ2) is 6.95. The third-order valence-corrected chi connectivity index (χ3v) is 4.12. The summed E-state index contributed by atoms with van der Waals surface area (Å²) in [4.78, 5) is 3.82. The van der Waals surface area contributed by atoms with E-state index >= 15 is 0 Å². The topological polar surface area (TPSA) is 24.9 Å². The quantitative estimate of drug-likeness (QED) is 0.876. The summed E-state index contributed by atoms with van der Waals surface area (Å²) in [5.74, 6) is -0.276. The molecule has 0 amide bonds. The van der Waals surface area contributed by atoms with Gasteiger partial charge in [0.25, 0.3) is 0 Å². The molecule has 0 spiro atoms. The lowest BCUT2D eigenvalue weighted by Gasteiger charge is -2.20. The summed E-state index contributed by atoms with van der Waals surface area (Å²) in [6.45, 7) is 4.97. The maximum absolute atomic E-state index is 14.0. The predicted octanol–water partition coefficient (Wildman–Crippen LogP) is 4.38. The monoisotopic (exact) mass is 336 g/mol. The molecule has 1 atom stereocenters. The van der Waals surface area contributed by atoms with E-state index in [1.807, 2.05) is 19.1 Å². The first-order chi connectivity index (χ1) is 9.63. The Morgan fingerprint density at radius 3 is 2.80 bits per heavy atom. The fourth-order valence-corrected chi connectivity index (χ4v) is 2.41. The summed E-state index contributed by atoms with van der Waals surface area (Å²) < 4.78 is 15.1. The van der Waals surface area contributed by atoms with Crippen molar-refractivity contribution >= 4 is 15.9 Å². The van der Waals surface area contributed by atoms with Crippen molar-refractivity contribution in [1.29, 1.82) is 0 Å². The number of rotatable bonds is 5. The molecule has 0 saturated carbocycles. The lowest BCUT2D eigenvalue weighted by molar-refractivity contribution is 0.543. The number of benzene rings is 1. The number of aryl methyl sites for hydroxylation is 1. The van der Waals surface area contributed by atoms with Gasteiger partial charge in [0.15, 0.2) is 0 Å². The van der Waals surface area contributed by atoms with Crippen molar-refractivity contribution in [1.82, 2.24) is 10.3 Å².